The number of ether oxygens (including phenoxy) is 1. The van der Waals surface area contributed by atoms with Crippen molar-refractivity contribution in [3.05, 3.63) is 76.1 Å². The van der Waals surface area contributed by atoms with Gasteiger partial charge in [0.2, 0.25) is 0 Å². The van der Waals surface area contributed by atoms with Gasteiger partial charge in [0.25, 0.3) is 0 Å². The first-order chi connectivity index (χ1) is 17.3. The van der Waals surface area contributed by atoms with Gasteiger partial charge in [-0.25, -0.2) is 4.99 Å². The summed E-state index contributed by atoms with van der Waals surface area (Å²) in [6, 6.07) is 10.4. The first-order valence-corrected chi connectivity index (χ1v) is 13.2. The minimum absolute atomic E-state index is 0.513. The average molecular weight is 510 g/mol. The van der Waals surface area contributed by atoms with Gasteiger partial charge in [-0.2, -0.15) is 16.9 Å². The lowest BCUT2D eigenvalue weighted by Gasteiger charge is -2.22. The van der Waals surface area contributed by atoms with Crippen LogP contribution in [0, 0.1) is 6.92 Å². The van der Waals surface area contributed by atoms with E-state index in [1.807, 2.05) is 31.9 Å². The minimum Gasteiger partial charge on any atom is -0.492 e. The molecule has 0 unspecified atom stereocenters. The number of aliphatic imine (C=N–C) groups is 2. The van der Waals surface area contributed by atoms with E-state index in [2.05, 4.69) is 64.9 Å². The van der Waals surface area contributed by atoms with Crippen molar-refractivity contribution in [2.24, 2.45) is 15.7 Å². The number of amidine groups is 1. The largest absolute Gasteiger partial charge is 0.492 e. The van der Waals surface area contributed by atoms with E-state index in [0.29, 0.717) is 17.4 Å². The standard InChI is InChI=1S/C27H39N7OS/c1-9-18(2)25(22(15-28)16-29-5)26(35-7)27(31-24-14-19(3)32-33-24)30-20(4)34(6)23-12-10-21(11-13-23)17-36-8/h10-16H,9,17,28H2,1-8H3,(H2,31,32,33)/b22-15+,25-18+,27-26-,29-16?,30-20+. The highest BCUT2D eigenvalue weighted by atomic mass is 32.2. The van der Waals surface area contributed by atoms with Crippen LogP contribution in [0.3, 0.4) is 0 Å². The number of rotatable bonds is 11. The zero-order valence-electron chi connectivity index (χ0n) is 22.6. The lowest BCUT2D eigenvalue weighted by molar-refractivity contribution is 0.297. The summed E-state index contributed by atoms with van der Waals surface area (Å²) < 4.78 is 5.97. The lowest BCUT2D eigenvalue weighted by atomic mass is 9.98. The van der Waals surface area contributed by atoms with E-state index in [-0.39, 0.29) is 0 Å². The molecule has 2 aromatic rings. The Balaban J connectivity index is 2.67. The van der Waals surface area contributed by atoms with Crippen LogP contribution < -0.4 is 16.0 Å². The van der Waals surface area contributed by atoms with E-state index in [1.165, 1.54) is 11.8 Å². The molecule has 0 aliphatic carbocycles. The Hall–Kier alpha value is -3.46. The molecule has 36 heavy (non-hydrogen) atoms. The van der Waals surface area contributed by atoms with E-state index in [9.17, 15) is 0 Å². The molecule has 0 saturated carbocycles. The van der Waals surface area contributed by atoms with Gasteiger partial charge in [0.05, 0.1) is 7.11 Å². The van der Waals surface area contributed by atoms with E-state index >= 15 is 0 Å². The predicted octanol–water partition coefficient (Wildman–Crippen LogP) is 5.63. The van der Waals surface area contributed by atoms with Crippen molar-refractivity contribution in [3.63, 3.8) is 0 Å². The molecule has 0 fully saturated rings. The van der Waals surface area contributed by atoms with Gasteiger partial charge in [-0.1, -0.05) is 24.6 Å². The van der Waals surface area contributed by atoms with Crippen LogP contribution in [0.15, 0.2) is 74.8 Å². The van der Waals surface area contributed by atoms with Gasteiger partial charge in [0, 0.05) is 60.9 Å². The van der Waals surface area contributed by atoms with Crippen LogP contribution in [0.5, 0.6) is 0 Å². The number of methoxy groups -OCH3 is 1. The van der Waals surface area contributed by atoms with Crippen LogP contribution in [0.25, 0.3) is 0 Å². The average Bonchev–Trinajstić information content (AvgIpc) is 3.29. The molecular weight excluding hydrogens is 470 g/mol. The Morgan fingerprint density at radius 1 is 1.28 bits per heavy atom. The van der Waals surface area contributed by atoms with Gasteiger partial charge in [0.15, 0.2) is 17.4 Å². The number of thioether (sulfide) groups is 1. The number of hydrogen-bond donors (Lipinski definition) is 3. The number of aryl methyl sites for hydroxylation is 1. The van der Waals surface area contributed by atoms with Crippen LogP contribution in [-0.2, 0) is 10.5 Å². The lowest BCUT2D eigenvalue weighted by Crippen LogP contribution is -2.24. The van der Waals surface area contributed by atoms with Crippen molar-refractivity contribution < 1.29 is 4.74 Å². The van der Waals surface area contributed by atoms with Gasteiger partial charge in [0.1, 0.15) is 5.84 Å². The van der Waals surface area contributed by atoms with Crippen molar-refractivity contribution in [3.8, 4) is 0 Å². The molecule has 0 aliphatic heterocycles. The molecule has 0 atom stereocenters. The van der Waals surface area contributed by atoms with Crippen molar-refractivity contribution in [2.45, 2.75) is 39.9 Å². The topological polar surface area (TPSA) is 104 Å². The number of aromatic amines is 1. The number of benzene rings is 1. The second kappa shape index (κ2) is 14.2. The third-order valence-electron chi connectivity index (χ3n) is 5.69. The SMILES string of the molecule is CC/C(C)=C(C(\C=NC)=C\N)/C(OC)=C(\N=C(/C)N(C)c1ccc(CSC)cc1)Nc1cc(C)[nH]n1. The summed E-state index contributed by atoms with van der Waals surface area (Å²) in [5.74, 6) is 3.45. The fourth-order valence-electron chi connectivity index (χ4n) is 3.54. The Kier molecular flexibility index (Phi) is 11.3. The van der Waals surface area contributed by atoms with Crippen molar-refractivity contribution in [1.29, 1.82) is 0 Å². The molecule has 1 aromatic carbocycles. The second-order valence-electron chi connectivity index (χ2n) is 8.28. The number of hydrogen-bond acceptors (Lipinski definition) is 7. The van der Waals surface area contributed by atoms with Crippen LogP contribution in [0.1, 0.15) is 38.4 Å². The summed E-state index contributed by atoms with van der Waals surface area (Å²) >= 11 is 1.81. The maximum atomic E-state index is 6.01. The molecule has 2 rings (SSSR count). The molecule has 0 bridgehead atoms. The summed E-state index contributed by atoms with van der Waals surface area (Å²) in [4.78, 5) is 11.2. The van der Waals surface area contributed by atoms with Gasteiger partial charge in [-0.15, -0.1) is 0 Å². The van der Waals surface area contributed by atoms with Crippen LogP contribution in [0.4, 0.5) is 11.5 Å². The molecule has 194 valence electrons. The van der Waals surface area contributed by atoms with Crippen molar-refractivity contribution in [1.82, 2.24) is 10.2 Å². The minimum atomic E-state index is 0.513. The zero-order valence-corrected chi connectivity index (χ0v) is 23.5. The summed E-state index contributed by atoms with van der Waals surface area (Å²) in [6.07, 6.45) is 6.17. The number of H-pyrrole nitrogens is 1. The van der Waals surface area contributed by atoms with Crippen molar-refractivity contribution >= 4 is 35.3 Å². The maximum absolute atomic E-state index is 6.01. The van der Waals surface area contributed by atoms with Gasteiger partial charge in [-0.05, 0) is 51.1 Å². The summed E-state index contributed by atoms with van der Waals surface area (Å²) in [5.41, 5.74) is 11.9. The van der Waals surface area contributed by atoms with E-state index in [4.69, 9.17) is 15.5 Å². The molecule has 0 aliphatic rings. The summed E-state index contributed by atoms with van der Waals surface area (Å²) in [7, 11) is 5.34. The van der Waals surface area contributed by atoms with Crippen molar-refractivity contribution in [2.75, 3.05) is 37.7 Å². The number of allylic oxidation sites excluding steroid dienone is 2. The van der Waals surface area contributed by atoms with Crippen LogP contribution in [-0.4, -0.2) is 49.7 Å². The van der Waals surface area contributed by atoms with Crippen LogP contribution >= 0.6 is 11.8 Å². The fourth-order valence-corrected chi connectivity index (χ4v) is 4.07. The smallest absolute Gasteiger partial charge is 0.176 e. The molecule has 0 spiro atoms. The predicted molar refractivity (Wildman–Crippen MR) is 156 cm³/mol. The number of nitrogens with one attached hydrogen (secondary N) is 2. The molecule has 1 heterocycles. The Morgan fingerprint density at radius 2 is 1.97 bits per heavy atom. The van der Waals surface area contributed by atoms with E-state index in [0.717, 1.165) is 46.1 Å². The highest BCUT2D eigenvalue weighted by Gasteiger charge is 2.20. The monoisotopic (exact) mass is 509 g/mol. The molecule has 9 heteroatoms. The molecular formula is C27H39N7OS. The summed E-state index contributed by atoms with van der Waals surface area (Å²) in [6.45, 7) is 8.05. The first-order valence-electron chi connectivity index (χ1n) is 11.8. The molecule has 8 nitrogen and oxygen atoms in total. The van der Waals surface area contributed by atoms with Gasteiger partial charge >= 0.3 is 0 Å². The normalized spacial score (nSPS) is 14.0. The quantitative estimate of drug-likeness (QED) is 0.157. The Bertz CT molecular complexity index is 1160. The highest BCUT2D eigenvalue weighted by molar-refractivity contribution is 7.97. The fraction of sp³-hybridized carbons (Fsp3) is 0.370. The third kappa shape index (κ3) is 7.52. The zero-order chi connectivity index (χ0) is 26.7. The third-order valence-corrected chi connectivity index (χ3v) is 6.31. The number of aromatic nitrogens is 2. The molecule has 0 radical (unpaired) electrons. The number of anilines is 2. The van der Waals surface area contributed by atoms with E-state index < -0.39 is 0 Å². The first kappa shape index (κ1) is 28.8. The van der Waals surface area contributed by atoms with Crippen LogP contribution in [0.2, 0.25) is 0 Å². The second-order valence-corrected chi connectivity index (χ2v) is 9.14. The number of nitrogens with two attached hydrogens (primary N) is 1. The Labute approximate surface area is 219 Å². The molecule has 0 saturated heterocycles. The molecule has 0 amide bonds. The summed E-state index contributed by atoms with van der Waals surface area (Å²) in [5, 5.41) is 10.7. The highest BCUT2D eigenvalue weighted by Crippen LogP contribution is 2.29. The maximum Gasteiger partial charge on any atom is 0.176 e. The Morgan fingerprint density at radius 3 is 2.47 bits per heavy atom. The molecule has 1 aromatic heterocycles. The van der Waals surface area contributed by atoms with E-state index in [1.54, 1.807) is 32.1 Å². The van der Waals surface area contributed by atoms with Gasteiger partial charge in [-0.3, -0.25) is 10.1 Å². The van der Waals surface area contributed by atoms with Gasteiger partial charge < -0.3 is 20.7 Å². The molecule has 4 N–H and O–H groups in total. The number of nitrogens with zero attached hydrogens (tertiary/aromatic N) is 4.